The van der Waals surface area contributed by atoms with Crippen LogP contribution in [0.15, 0.2) is 243 Å². The fourth-order valence-electron chi connectivity index (χ4n) is 9.06. The summed E-state index contributed by atoms with van der Waals surface area (Å²) in [6.45, 7) is 0. The Labute approximate surface area is 350 Å². The maximum atomic E-state index is 2.47. The number of fused-ring (bicyclic) bond motifs is 4. The molecule has 0 N–H and O–H groups in total. The first-order valence-electron chi connectivity index (χ1n) is 20.6. The molecule has 11 rings (SSSR count). The summed E-state index contributed by atoms with van der Waals surface area (Å²) in [5.74, 6) is 0. The van der Waals surface area contributed by atoms with E-state index in [4.69, 9.17) is 0 Å². The van der Waals surface area contributed by atoms with Crippen molar-refractivity contribution >= 4 is 49.6 Å². The Morgan fingerprint density at radius 2 is 0.867 bits per heavy atom. The van der Waals surface area contributed by atoms with E-state index in [9.17, 15) is 0 Å². The summed E-state index contributed by atoms with van der Waals surface area (Å²) in [6.07, 6.45) is 0. The van der Waals surface area contributed by atoms with Gasteiger partial charge in [0.2, 0.25) is 0 Å². The lowest BCUT2D eigenvalue weighted by atomic mass is 9.93. The van der Waals surface area contributed by atoms with Crippen LogP contribution in [0.4, 0.5) is 17.1 Å². The van der Waals surface area contributed by atoms with Gasteiger partial charge in [-0.1, -0.05) is 200 Å². The second-order valence-corrected chi connectivity index (χ2v) is 15.3. The van der Waals surface area contributed by atoms with Crippen molar-refractivity contribution in [2.24, 2.45) is 0 Å². The largest absolute Gasteiger partial charge is 0.310 e. The Morgan fingerprint density at radius 1 is 0.283 bits per heavy atom. The highest BCUT2D eigenvalue weighted by Crippen LogP contribution is 2.47. The highest BCUT2D eigenvalue weighted by molar-refractivity contribution is 6.11. The van der Waals surface area contributed by atoms with E-state index >= 15 is 0 Å². The number of hydrogen-bond acceptors (Lipinski definition) is 1. The van der Waals surface area contributed by atoms with E-state index in [1.54, 1.807) is 0 Å². The van der Waals surface area contributed by atoms with Gasteiger partial charge in [0, 0.05) is 33.3 Å². The Morgan fingerprint density at radius 3 is 1.67 bits per heavy atom. The van der Waals surface area contributed by atoms with Gasteiger partial charge in [-0.05, 0) is 86.6 Å². The molecule has 1 heterocycles. The van der Waals surface area contributed by atoms with E-state index in [-0.39, 0.29) is 0 Å². The third-order valence-corrected chi connectivity index (χ3v) is 11.8. The predicted molar refractivity (Wildman–Crippen MR) is 255 cm³/mol. The van der Waals surface area contributed by atoms with Gasteiger partial charge in [-0.15, -0.1) is 0 Å². The normalized spacial score (nSPS) is 11.3. The van der Waals surface area contributed by atoms with Crippen LogP contribution in [0.2, 0.25) is 0 Å². The van der Waals surface area contributed by atoms with Crippen molar-refractivity contribution in [1.29, 1.82) is 0 Å². The third kappa shape index (κ3) is 6.14. The van der Waals surface area contributed by atoms with E-state index in [0.717, 1.165) is 33.8 Å². The lowest BCUT2D eigenvalue weighted by Gasteiger charge is -2.29. The summed E-state index contributed by atoms with van der Waals surface area (Å²) >= 11 is 0. The fraction of sp³-hybridized carbons (Fsp3) is 0. The lowest BCUT2D eigenvalue weighted by Crippen LogP contribution is -2.11. The van der Waals surface area contributed by atoms with E-state index < -0.39 is 0 Å². The smallest absolute Gasteiger partial charge is 0.0562 e. The van der Waals surface area contributed by atoms with E-state index in [1.807, 2.05) is 0 Å². The average molecular weight is 765 g/mol. The highest BCUT2D eigenvalue weighted by atomic mass is 15.1. The summed E-state index contributed by atoms with van der Waals surface area (Å²) < 4.78 is 2.47. The molecule has 0 unspecified atom stereocenters. The monoisotopic (exact) mass is 764 g/mol. The predicted octanol–water partition coefficient (Wildman–Crippen LogP) is 16.1. The molecule has 0 bridgehead atoms. The van der Waals surface area contributed by atoms with Gasteiger partial charge in [0.1, 0.15) is 0 Å². The van der Waals surface area contributed by atoms with Crippen molar-refractivity contribution in [3.63, 3.8) is 0 Å². The van der Waals surface area contributed by atoms with Gasteiger partial charge in [0.25, 0.3) is 0 Å². The quantitative estimate of drug-likeness (QED) is 0.150. The van der Waals surface area contributed by atoms with Crippen molar-refractivity contribution in [3.8, 4) is 50.2 Å². The zero-order chi connectivity index (χ0) is 39.8. The van der Waals surface area contributed by atoms with Crippen molar-refractivity contribution in [1.82, 2.24) is 4.57 Å². The molecule has 10 aromatic carbocycles. The molecule has 0 amide bonds. The first kappa shape index (κ1) is 35.2. The minimum atomic E-state index is 1.08. The molecule has 0 fully saturated rings. The number of benzene rings is 10. The van der Waals surface area contributed by atoms with Crippen LogP contribution < -0.4 is 4.90 Å². The van der Waals surface area contributed by atoms with Crippen molar-refractivity contribution in [2.75, 3.05) is 4.90 Å². The summed E-state index contributed by atoms with van der Waals surface area (Å²) in [6, 6.07) is 88.0. The van der Waals surface area contributed by atoms with Gasteiger partial charge in [-0.2, -0.15) is 0 Å². The molecule has 2 heteroatoms. The SMILES string of the molecule is c1ccc(-c2ccc(-c3cccc4ccccc34)c(N(c3ccccc3)c3ccc4c5ccccc5n(-c5ccccc5-c5ccccc5-c5ccccc5)c4c3)c2)cc1. The summed E-state index contributed by atoms with van der Waals surface area (Å²) in [5.41, 5.74) is 16.2. The standard InChI is InChI=1S/C58H40N2/c1-4-19-41(20-5-1)44-35-37-53(50-32-18-24-43-23-10-11-27-48(43)50)57(39-44)59(45-25-8-3-9-26-45)46-36-38-54-52-31-15-17-34-56(52)60(58(54)40-46)55-33-16-14-30-51(55)49-29-13-12-28-47(49)42-21-6-2-7-22-42/h1-40H. The van der Waals surface area contributed by atoms with Crippen LogP contribution >= 0.6 is 0 Å². The van der Waals surface area contributed by atoms with Crippen LogP contribution in [-0.2, 0) is 0 Å². The molecule has 0 saturated heterocycles. The first-order chi connectivity index (χ1) is 29.8. The molecule has 0 aliphatic heterocycles. The maximum Gasteiger partial charge on any atom is 0.0562 e. The van der Waals surface area contributed by atoms with Gasteiger partial charge >= 0.3 is 0 Å². The molecule has 0 atom stereocenters. The number of aromatic nitrogens is 1. The van der Waals surface area contributed by atoms with Crippen molar-refractivity contribution in [2.45, 2.75) is 0 Å². The summed E-state index contributed by atoms with van der Waals surface area (Å²) in [4.78, 5) is 2.45. The van der Waals surface area contributed by atoms with Crippen molar-refractivity contribution in [3.05, 3.63) is 243 Å². The molecule has 0 spiro atoms. The molecule has 2 nitrogen and oxygen atoms in total. The van der Waals surface area contributed by atoms with Crippen molar-refractivity contribution < 1.29 is 0 Å². The molecule has 11 aromatic rings. The average Bonchev–Trinajstić information content (AvgIpc) is 3.66. The van der Waals surface area contributed by atoms with Gasteiger partial charge in [-0.25, -0.2) is 0 Å². The number of para-hydroxylation sites is 3. The molecular formula is C58H40N2. The van der Waals surface area contributed by atoms with Gasteiger partial charge in [0.05, 0.1) is 22.4 Å². The topological polar surface area (TPSA) is 8.17 Å². The van der Waals surface area contributed by atoms with Crippen LogP contribution in [0.5, 0.6) is 0 Å². The molecule has 0 aliphatic rings. The number of hydrogen-bond donors (Lipinski definition) is 0. The van der Waals surface area contributed by atoms with Gasteiger partial charge in [-0.3, -0.25) is 0 Å². The van der Waals surface area contributed by atoms with Crippen LogP contribution in [-0.4, -0.2) is 4.57 Å². The zero-order valence-electron chi connectivity index (χ0n) is 33.0. The molecular weight excluding hydrogens is 725 g/mol. The van der Waals surface area contributed by atoms with Crippen LogP contribution in [0.25, 0.3) is 82.8 Å². The zero-order valence-corrected chi connectivity index (χ0v) is 33.0. The first-order valence-corrected chi connectivity index (χ1v) is 20.6. The van der Waals surface area contributed by atoms with E-state index in [2.05, 4.69) is 252 Å². The lowest BCUT2D eigenvalue weighted by molar-refractivity contribution is 1.18. The number of nitrogens with zero attached hydrogens (tertiary/aromatic N) is 2. The molecule has 60 heavy (non-hydrogen) atoms. The minimum Gasteiger partial charge on any atom is -0.310 e. The molecule has 0 aliphatic carbocycles. The fourth-order valence-corrected chi connectivity index (χ4v) is 9.06. The number of anilines is 3. The second-order valence-electron chi connectivity index (χ2n) is 15.3. The third-order valence-electron chi connectivity index (χ3n) is 11.8. The van der Waals surface area contributed by atoms with Crippen LogP contribution in [0.1, 0.15) is 0 Å². The Bertz CT molecular complexity index is 3300. The Kier molecular flexibility index (Phi) is 8.87. The minimum absolute atomic E-state index is 1.08. The molecule has 0 saturated carbocycles. The highest BCUT2D eigenvalue weighted by Gasteiger charge is 2.23. The van der Waals surface area contributed by atoms with Gasteiger partial charge in [0.15, 0.2) is 0 Å². The molecule has 282 valence electrons. The summed E-state index contributed by atoms with van der Waals surface area (Å²) in [5, 5.41) is 4.88. The van der Waals surface area contributed by atoms with Crippen LogP contribution in [0.3, 0.4) is 0 Å². The van der Waals surface area contributed by atoms with E-state index in [0.29, 0.717) is 0 Å². The maximum absolute atomic E-state index is 2.47. The van der Waals surface area contributed by atoms with E-state index in [1.165, 1.54) is 66.0 Å². The van der Waals surface area contributed by atoms with Crippen LogP contribution in [0, 0.1) is 0 Å². The second kappa shape index (κ2) is 15.1. The molecule has 1 aromatic heterocycles. The number of rotatable bonds is 8. The van der Waals surface area contributed by atoms with Gasteiger partial charge < -0.3 is 9.47 Å². The summed E-state index contributed by atoms with van der Waals surface area (Å²) in [7, 11) is 0. The molecule has 0 radical (unpaired) electrons. The Hall–Kier alpha value is -7.94. The Balaban J connectivity index is 1.19.